The first kappa shape index (κ1) is 14.5. The summed E-state index contributed by atoms with van der Waals surface area (Å²) in [7, 11) is 0. The van der Waals surface area contributed by atoms with Crippen LogP contribution in [-0.4, -0.2) is 35.0 Å². The fraction of sp³-hybridized carbons (Fsp3) is 0.750. The van der Waals surface area contributed by atoms with Gasteiger partial charge in [0.05, 0.1) is 5.92 Å². The van der Waals surface area contributed by atoms with Crippen LogP contribution in [0.4, 0.5) is 0 Å². The Balaban J connectivity index is 2.42. The molecule has 1 aliphatic rings. The minimum absolute atomic E-state index is 0.221. The van der Waals surface area contributed by atoms with Crippen LogP contribution in [0.15, 0.2) is 0 Å². The standard InChI is InChI=1S/C12H20N2O4/c1-6(7(2)12(17)18)10(15)13-8(3)11(16)14-9-4-5-9/h6-9H,4-5H2,1-3H3,(H,13,15)(H,14,16)(H,17,18). The first-order chi connectivity index (χ1) is 8.32. The van der Waals surface area contributed by atoms with Crippen LogP contribution < -0.4 is 10.6 Å². The number of rotatable bonds is 6. The Kier molecular flexibility index (Phi) is 4.69. The molecule has 0 bridgehead atoms. The van der Waals surface area contributed by atoms with Crippen molar-refractivity contribution in [1.29, 1.82) is 0 Å². The second kappa shape index (κ2) is 5.84. The summed E-state index contributed by atoms with van der Waals surface area (Å²) in [6.07, 6.45) is 1.97. The molecule has 6 heteroatoms. The highest BCUT2D eigenvalue weighted by atomic mass is 16.4. The van der Waals surface area contributed by atoms with Crippen LogP contribution in [0.5, 0.6) is 0 Å². The molecule has 0 aromatic heterocycles. The number of nitrogens with one attached hydrogen (secondary N) is 2. The fourth-order valence-corrected chi connectivity index (χ4v) is 1.41. The number of carbonyl (C=O) groups is 3. The van der Waals surface area contributed by atoms with E-state index in [1.807, 2.05) is 0 Å². The maximum absolute atomic E-state index is 11.8. The van der Waals surface area contributed by atoms with Crippen LogP contribution in [0.1, 0.15) is 33.6 Å². The van der Waals surface area contributed by atoms with Crippen LogP contribution in [-0.2, 0) is 14.4 Å². The lowest BCUT2D eigenvalue weighted by molar-refractivity contribution is -0.146. The van der Waals surface area contributed by atoms with Gasteiger partial charge in [-0.2, -0.15) is 0 Å². The van der Waals surface area contributed by atoms with Crippen molar-refractivity contribution in [3.05, 3.63) is 0 Å². The highest BCUT2D eigenvalue weighted by molar-refractivity contribution is 5.90. The molecule has 18 heavy (non-hydrogen) atoms. The van der Waals surface area contributed by atoms with E-state index in [0.29, 0.717) is 0 Å². The van der Waals surface area contributed by atoms with E-state index in [4.69, 9.17) is 5.11 Å². The molecule has 102 valence electrons. The Labute approximate surface area is 106 Å². The average Bonchev–Trinajstić information content (AvgIpc) is 3.10. The Morgan fingerprint density at radius 3 is 2.06 bits per heavy atom. The molecule has 1 aliphatic carbocycles. The fourth-order valence-electron chi connectivity index (χ4n) is 1.41. The van der Waals surface area contributed by atoms with Gasteiger partial charge in [-0.3, -0.25) is 14.4 Å². The first-order valence-electron chi connectivity index (χ1n) is 6.16. The zero-order valence-corrected chi connectivity index (χ0v) is 10.9. The van der Waals surface area contributed by atoms with Gasteiger partial charge < -0.3 is 15.7 Å². The molecule has 0 spiro atoms. The molecule has 1 saturated carbocycles. The Bertz CT molecular complexity index is 352. The Morgan fingerprint density at radius 1 is 1.06 bits per heavy atom. The van der Waals surface area contributed by atoms with Crippen LogP contribution in [0, 0.1) is 11.8 Å². The highest BCUT2D eigenvalue weighted by Gasteiger charge is 2.29. The van der Waals surface area contributed by atoms with Crippen molar-refractivity contribution in [1.82, 2.24) is 10.6 Å². The van der Waals surface area contributed by atoms with Crippen molar-refractivity contribution in [2.75, 3.05) is 0 Å². The van der Waals surface area contributed by atoms with Gasteiger partial charge in [-0.15, -0.1) is 0 Å². The third-order valence-electron chi connectivity index (χ3n) is 3.23. The number of hydrogen-bond donors (Lipinski definition) is 3. The summed E-state index contributed by atoms with van der Waals surface area (Å²) < 4.78 is 0. The summed E-state index contributed by atoms with van der Waals surface area (Å²) in [6.45, 7) is 4.61. The van der Waals surface area contributed by atoms with Crippen LogP contribution >= 0.6 is 0 Å². The second-order valence-corrected chi connectivity index (χ2v) is 4.93. The van der Waals surface area contributed by atoms with E-state index in [1.165, 1.54) is 6.92 Å². The highest BCUT2D eigenvalue weighted by Crippen LogP contribution is 2.18. The van der Waals surface area contributed by atoms with Gasteiger partial charge in [0.2, 0.25) is 11.8 Å². The molecule has 6 nitrogen and oxygen atoms in total. The van der Waals surface area contributed by atoms with Gasteiger partial charge in [-0.1, -0.05) is 13.8 Å². The molecule has 0 aliphatic heterocycles. The van der Waals surface area contributed by atoms with Crippen LogP contribution in [0.25, 0.3) is 0 Å². The zero-order valence-electron chi connectivity index (χ0n) is 10.9. The summed E-state index contributed by atoms with van der Waals surface area (Å²) in [5.41, 5.74) is 0. The third-order valence-corrected chi connectivity index (χ3v) is 3.23. The number of hydrogen-bond acceptors (Lipinski definition) is 3. The summed E-state index contributed by atoms with van der Waals surface area (Å²) >= 11 is 0. The molecule has 3 atom stereocenters. The smallest absolute Gasteiger partial charge is 0.307 e. The number of amides is 2. The molecular formula is C12H20N2O4. The van der Waals surface area contributed by atoms with Gasteiger partial charge in [0.25, 0.3) is 0 Å². The summed E-state index contributed by atoms with van der Waals surface area (Å²) in [5.74, 6) is -3.10. The largest absolute Gasteiger partial charge is 0.481 e. The lowest BCUT2D eigenvalue weighted by Crippen LogP contribution is -2.48. The molecule has 1 fully saturated rings. The van der Waals surface area contributed by atoms with Gasteiger partial charge in [-0.05, 0) is 19.8 Å². The van der Waals surface area contributed by atoms with Gasteiger partial charge in [-0.25, -0.2) is 0 Å². The molecule has 0 radical (unpaired) electrons. The lowest BCUT2D eigenvalue weighted by Gasteiger charge is -2.19. The number of carboxylic acid groups (broad SMARTS) is 1. The first-order valence-corrected chi connectivity index (χ1v) is 6.16. The zero-order chi connectivity index (χ0) is 13.9. The third kappa shape index (κ3) is 4.01. The maximum atomic E-state index is 11.8. The molecule has 3 unspecified atom stereocenters. The minimum atomic E-state index is -1.02. The van der Waals surface area contributed by atoms with Gasteiger partial charge in [0.15, 0.2) is 0 Å². The molecule has 2 amide bonds. The van der Waals surface area contributed by atoms with E-state index in [0.717, 1.165) is 12.8 Å². The lowest BCUT2D eigenvalue weighted by atomic mass is 9.95. The maximum Gasteiger partial charge on any atom is 0.307 e. The molecule has 3 N–H and O–H groups in total. The van der Waals surface area contributed by atoms with E-state index < -0.39 is 29.8 Å². The molecule has 0 heterocycles. The second-order valence-electron chi connectivity index (χ2n) is 4.93. The van der Waals surface area contributed by atoms with E-state index in [-0.39, 0.29) is 11.9 Å². The SMILES string of the molecule is CC(NC(=O)C(C)C(C)C(=O)O)C(=O)NC1CC1. The Morgan fingerprint density at radius 2 is 1.61 bits per heavy atom. The molecule has 0 aromatic rings. The molecule has 1 rings (SSSR count). The predicted molar refractivity (Wildman–Crippen MR) is 64.7 cm³/mol. The predicted octanol–water partition coefficient (Wildman–Crippen LogP) is 0.127. The van der Waals surface area contributed by atoms with E-state index >= 15 is 0 Å². The summed E-state index contributed by atoms with van der Waals surface area (Å²) in [6, 6.07) is -0.395. The van der Waals surface area contributed by atoms with E-state index in [9.17, 15) is 14.4 Å². The topological polar surface area (TPSA) is 95.5 Å². The van der Waals surface area contributed by atoms with E-state index in [1.54, 1.807) is 13.8 Å². The number of aliphatic carboxylic acids is 1. The average molecular weight is 256 g/mol. The summed E-state index contributed by atoms with van der Waals surface area (Å²) in [4.78, 5) is 34.1. The number of carboxylic acids is 1. The monoisotopic (exact) mass is 256 g/mol. The molecule has 0 saturated heterocycles. The van der Waals surface area contributed by atoms with Crippen LogP contribution in [0.3, 0.4) is 0 Å². The number of carbonyl (C=O) groups excluding carboxylic acids is 2. The Hall–Kier alpha value is -1.59. The van der Waals surface area contributed by atoms with Gasteiger partial charge in [0.1, 0.15) is 6.04 Å². The summed E-state index contributed by atoms with van der Waals surface area (Å²) in [5, 5.41) is 14.1. The van der Waals surface area contributed by atoms with Crippen molar-refractivity contribution in [3.63, 3.8) is 0 Å². The van der Waals surface area contributed by atoms with Crippen molar-refractivity contribution in [3.8, 4) is 0 Å². The molecule has 0 aromatic carbocycles. The van der Waals surface area contributed by atoms with Crippen LogP contribution in [0.2, 0.25) is 0 Å². The van der Waals surface area contributed by atoms with Crippen molar-refractivity contribution in [2.45, 2.75) is 45.7 Å². The van der Waals surface area contributed by atoms with Gasteiger partial charge >= 0.3 is 5.97 Å². The molecular weight excluding hydrogens is 236 g/mol. The van der Waals surface area contributed by atoms with E-state index in [2.05, 4.69) is 10.6 Å². The quantitative estimate of drug-likeness (QED) is 0.629. The van der Waals surface area contributed by atoms with Crippen molar-refractivity contribution < 1.29 is 19.5 Å². The normalized spacial score (nSPS) is 19.5. The van der Waals surface area contributed by atoms with Crippen molar-refractivity contribution in [2.24, 2.45) is 11.8 Å². The van der Waals surface area contributed by atoms with Crippen molar-refractivity contribution >= 4 is 17.8 Å². The van der Waals surface area contributed by atoms with Gasteiger partial charge in [0, 0.05) is 12.0 Å². The minimum Gasteiger partial charge on any atom is -0.481 e.